The standard InChI is InChI=1S/C30H32F4/c1-3-7-25-26(31)17-24(18-27(25)32)30-28(33)15-23(16-29(30)34)22-12-10-20(11-13-22)14-19(2)21-8-5-4-6-9-21/h4-6,8-9,15-20,22H,3,7,10-14H2,1-2H3/t19-,20?,22?/m0/s1. The lowest BCUT2D eigenvalue weighted by molar-refractivity contribution is 0.296. The first-order valence-electron chi connectivity index (χ1n) is 12.4. The van der Waals surface area contributed by atoms with Gasteiger partial charge < -0.3 is 0 Å². The van der Waals surface area contributed by atoms with Gasteiger partial charge in [-0.25, -0.2) is 17.6 Å². The van der Waals surface area contributed by atoms with Gasteiger partial charge in [-0.2, -0.15) is 0 Å². The molecular weight excluding hydrogens is 436 g/mol. The van der Waals surface area contributed by atoms with Gasteiger partial charge in [-0.3, -0.25) is 0 Å². The molecule has 0 aliphatic heterocycles. The van der Waals surface area contributed by atoms with E-state index >= 15 is 8.78 Å². The van der Waals surface area contributed by atoms with Crippen LogP contribution in [0, 0.1) is 29.2 Å². The summed E-state index contributed by atoms with van der Waals surface area (Å²) < 4.78 is 58.8. The highest BCUT2D eigenvalue weighted by atomic mass is 19.1. The zero-order valence-electron chi connectivity index (χ0n) is 19.9. The highest BCUT2D eigenvalue weighted by molar-refractivity contribution is 5.66. The lowest BCUT2D eigenvalue weighted by atomic mass is 9.75. The number of rotatable bonds is 7. The fourth-order valence-electron chi connectivity index (χ4n) is 5.49. The highest BCUT2D eigenvalue weighted by Crippen LogP contribution is 2.41. The molecule has 180 valence electrons. The van der Waals surface area contributed by atoms with Crippen LogP contribution in [-0.2, 0) is 6.42 Å². The van der Waals surface area contributed by atoms with E-state index in [0.717, 1.165) is 44.2 Å². The van der Waals surface area contributed by atoms with E-state index in [1.807, 2.05) is 13.0 Å². The zero-order valence-corrected chi connectivity index (χ0v) is 19.9. The summed E-state index contributed by atoms with van der Waals surface area (Å²) in [6.45, 7) is 4.08. The second-order valence-electron chi connectivity index (χ2n) is 9.79. The minimum atomic E-state index is -0.767. The maximum atomic E-state index is 15.0. The van der Waals surface area contributed by atoms with Crippen molar-refractivity contribution in [3.63, 3.8) is 0 Å². The van der Waals surface area contributed by atoms with Gasteiger partial charge in [0.25, 0.3) is 0 Å². The second kappa shape index (κ2) is 10.8. The van der Waals surface area contributed by atoms with Crippen LogP contribution in [0.25, 0.3) is 11.1 Å². The van der Waals surface area contributed by atoms with Crippen molar-refractivity contribution in [3.8, 4) is 11.1 Å². The predicted octanol–water partition coefficient (Wildman–Crippen LogP) is 9.33. The van der Waals surface area contributed by atoms with E-state index in [0.29, 0.717) is 23.8 Å². The number of halogens is 4. The van der Waals surface area contributed by atoms with Gasteiger partial charge in [0, 0.05) is 5.56 Å². The zero-order chi connectivity index (χ0) is 24.2. The molecule has 1 atom stereocenters. The molecule has 0 unspecified atom stereocenters. The SMILES string of the molecule is CCCc1c(F)cc(-c2c(F)cc(C3CCC(C[C@H](C)c4ccccc4)CC3)cc2F)cc1F. The predicted molar refractivity (Wildman–Crippen MR) is 130 cm³/mol. The molecule has 0 bridgehead atoms. The summed E-state index contributed by atoms with van der Waals surface area (Å²) in [5.41, 5.74) is 1.48. The van der Waals surface area contributed by atoms with Crippen LogP contribution in [-0.4, -0.2) is 0 Å². The molecule has 3 aromatic carbocycles. The fourth-order valence-corrected chi connectivity index (χ4v) is 5.49. The Hall–Kier alpha value is -2.62. The molecule has 1 saturated carbocycles. The highest BCUT2D eigenvalue weighted by Gasteiger charge is 2.26. The molecular formula is C30H32F4. The van der Waals surface area contributed by atoms with Crippen LogP contribution in [0.3, 0.4) is 0 Å². The number of hydrogen-bond acceptors (Lipinski definition) is 0. The van der Waals surface area contributed by atoms with E-state index in [4.69, 9.17) is 0 Å². The molecule has 34 heavy (non-hydrogen) atoms. The van der Waals surface area contributed by atoms with E-state index in [9.17, 15) is 8.78 Å². The monoisotopic (exact) mass is 468 g/mol. The molecule has 0 nitrogen and oxygen atoms in total. The van der Waals surface area contributed by atoms with Crippen LogP contribution in [0.4, 0.5) is 17.6 Å². The first-order valence-corrected chi connectivity index (χ1v) is 12.4. The van der Waals surface area contributed by atoms with Crippen molar-refractivity contribution in [2.75, 3.05) is 0 Å². The Bertz CT molecular complexity index is 1070. The molecule has 0 aromatic heterocycles. The quantitative estimate of drug-likeness (QED) is 0.303. The van der Waals surface area contributed by atoms with E-state index < -0.39 is 23.3 Å². The van der Waals surface area contributed by atoms with Crippen molar-refractivity contribution >= 4 is 0 Å². The average Bonchev–Trinajstić information content (AvgIpc) is 2.82. The van der Waals surface area contributed by atoms with Gasteiger partial charge in [-0.05, 0) is 97.2 Å². The topological polar surface area (TPSA) is 0 Å². The number of benzene rings is 3. The molecule has 1 aliphatic carbocycles. The minimum absolute atomic E-state index is 0.0398. The number of hydrogen-bond donors (Lipinski definition) is 0. The van der Waals surface area contributed by atoms with Gasteiger partial charge >= 0.3 is 0 Å². The van der Waals surface area contributed by atoms with Gasteiger partial charge in [0.15, 0.2) is 0 Å². The minimum Gasteiger partial charge on any atom is -0.207 e. The van der Waals surface area contributed by atoms with Gasteiger partial charge in [0.1, 0.15) is 23.3 Å². The van der Waals surface area contributed by atoms with Crippen LogP contribution in [0.5, 0.6) is 0 Å². The Morgan fingerprint density at radius 1 is 0.794 bits per heavy atom. The molecule has 0 radical (unpaired) electrons. The normalized spacial score (nSPS) is 19.2. The van der Waals surface area contributed by atoms with Gasteiger partial charge in [-0.1, -0.05) is 50.6 Å². The molecule has 0 amide bonds. The maximum Gasteiger partial charge on any atom is 0.134 e. The Morgan fingerprint density at radius 3 is 1.94 bits per heavy atom. The summed E-state index contributed by atoms with van der Waals surface area (Å²) in [6.07, 6.45) is 5.78. The smallest absolute Gasteiger partial charge is 0.134 e. The van der Waals surface area contributed by atoms with Crippen molar-refractivity contribution in [3.05, 3.63) is 94.6 Å². The third kappa shape index (κ3) is 5.37. The molecule has 0 N–H and O–H groups in total. The lowest BCUT2D eigenvalue weighted by Crippen LogP contribution is -2.15. The third-order valence-corrected chi connectivity index (χ3v) is 7.37. The van der Waals surface area contributed by atoms with Crippen molar-refractivity contribution in [2.24, 2.45) is 5.92 Å². The molecule has 0 saturated heterocycles. The van der Waals surface area contributed by atoms with Crippen LogP contribution in [0.2, 0.25) is 0 Å². The molecule has 1 aliphatic rings. The maximum absolute atomic E-state index is 15.0. The summed E-state index contributed by atoms with van der Waals surface area (Å²) in [5, 5.41) is 0. The Labute approximate surface area is 200 Å². The van der Waals surface area contributed by atoms with Crippen LogP contribution < -0.4 is 0 Å². The van der Waals surface area contributed by atoms with Gasteiger partial charge in [0.2, 0.25) is 0 Å². The summed E-state index contributed by atoms with van der Waals surface area (Å²) in [5.74, 6) is -1.87. The molecule has 4 heteroatoms. The largest absolute Gasteiger partial charge is 0.207 e. The molecule has 3 aromatic rings. The van der Waals surface area contributed by atoms with Crippen molar-refractivity contribution in [1.82, 2.24) is 0 Å². The molecule has 4 rings (SSSR count). The summed E-state index contributed by atoms with van der Waals surface area (Å²) in [4.78, 5) is 0. The Balaban J connectivity index is 1.46. The van der Waals surface area contributed by atoms with Gasteiger partial charge in [0.05, 0.1) is 5.56 Å². The summed E-state index contributed by atoms with van der Waals surface area (Å²) >= 11 is 0. The van der Waals surface area contributed by atoms with Crippen molar-refractivity contribution in [1.29, 1.82) is 0 Å². The Morgan fingerprint density at radius 2 is 1.38 bits per heavy atom. The average molecular weight is 469 g/mol. The fraction of sp³-hybridized carbons (Fsp3) is 0.400. The van der Waals surface area contributed by atoms with E-state index in [-0.39, 0.29) is 29.0 Å². The molecule has 1 fully saturated rings. The molecule has 0 heterocycles. The van der Waals surface area contributed by atoms with E-state index in [1.165, 1.54) is 17.7 Å². The van der Waals surface area contributed by atoms with E-state index in [2.05, 4.69) is 31.2 Å². The Kier molecular flexibility index (Phi) is 7.75. The van der Waals surface area contributed by atoms with Crippen LogP contribution in [0.1, 0.15) is 80.9 Å². The van der Waals surface area contributed by atoms with Gasteiger partial charge in [-0.15, -0.1) is 0 Å². The summed E-state index contributed by atoms with van der Waals surface area (Å²) in [6, 6.07) is 15.3. The van der Waals surface area contributed by atoms with Crippen molar-refractivity contribution < 1.29 is 17.6 Å². The van der Waals surface area contributed by atoms with E-state index in [1.54, 1.807) is 0 Å². The van der Waals surface area contributed by atoms with Crippen LogP contribution in [0.15, 0.2) is 54.6 Å². The third-order valence-electron chi connectivity index (χ3n) is 7.37. The molecule has 0 spiro atoms. The first kappa shape index (κ1) is 24.5. The van der Waals surface area contributed by atoms with Crippen LogP contribution >= 0.6 is 0 Å². The summed E-state index contributed by atoms with van der Waals surface area (Å²) in [7, 11) is 0. The second-order valence-corrected chi connectivity index (χ2v) is 9.79. The van der Waals surface area contributed by atoms with Crippen molar-refractivity contribution in [2.45, 2.75) is 70.6 Å². The lowest BCUT2D eigenvalue weighted by Gasteiger charge is -2.30. The first-order chi connectivity index (χ1) is 16.4.